The summed E-state index contributed by atoms with van der Waals surface area (Å²) in [4.78, 5) is 16.8. The van der Waals surface area contributed by atoms with Crippen molar-refractivity contribution in [1.29, 1.82) is 0 Å². The van der Waals surface area contributed by atoms with Crippen LogP contribution in [0, 0.1) is 0 Å². The summed E-state index contributed by atoms with van der Waals surface area (Å²) in [6.07, 6.45) is 3.73. The largest absolute Gasteiger partial charge is 0.361 e. The smallest absolute Gasteiger partial charge is 0.276 e. The van der Waals surface area contributed by atoms with E-state index in [2.05, 4.69) is 10.3 Å². The Bertz CT molecular complexity index is 702. The maximum absolute atomic E-state index is 12.1. The Morgan fingerprint density at radius 1 is 1.37 bits per heavy atom. The molecule has 1 aromatic heterocycles. The number of fused-ring (bicyclic) bond motifs is 1. The number of aromatic nitrogens is 1. The number of nitrogens with one attached hydrogen (secondary N) is 2. The molecule has 1 saturated heterocycles. The third kappa shape index (κ3) is 1.92. The zero-order valence-corrected chi connectivity index (χ0v) is 11.3. The first kappa shape index (κ1) is 11.9. The van der Waals surface area contributed by atoms with E-state index in [4.69, 9.17) is 12.2 Å². The fraction of sp³-hybridized carbons (Fsp3) is 0.143. The molecule has 0 saturated carbocycles. The highest BCUT2D eigenvalue weighted by Gasteiger charge is 2.29. The van der Waals surface area contributed by atoms with E-state index in [1.807, 2.05) is 43.5 Å². The zero-order chi connectivity index (χ0) is 13.4. The average Bonchev–Trinajstić information content (AvgIpc) is 2.93. The van der Waals surface area contributed by atoms with Gasteiger partial charge < -0.3 is 10.3 Å². The van der Waals surface area contributed by atoms with Crippen molar-refractivity contribution in [2.24, 2.45) is 0 Å². The molecule has 1 aliphatic rings. The van der Waals surface area contributed by atoms with Crippen LogP contribution in [0.2, 0.25) is 0 Å². The summed E-state index contributed by atoms with van der Waals surface area (Å²) >= 11 is 5.13. The molecule has 0 atom stereocenters. The highest BCUT2D eigenvalue weighted by atomic mass is 32.1. The van der Waals surface area contributed by atoms with Crippen LogP contribution < -0.4 is 5.32 Å². The molecule has 2 aromatic rings. The molecule has 1 aromatic carbocycles. The summed E-state index contributed by atoms with van der Waals surface area (Å²) in [5.41, 5.74) is 2.55. The van der Waals surface area contributed by atoms with Crippen molar-refractivity contribution in [3.05, 3.63) is 41.7 Å². The van der Waals surface area contributed by atoms with E-state index >= 15 is 0 Å². The molecular weight excluding hydrogens is 258 g/mol. The monoisotopic (exact) mass is 271 g/mol. The van der Waals surface area contributed by atoms with Gasteiger partial charge >= 0.3 is 0 Å². The molecule has 0 bridgehead atoms. The number of carbonyl (C=O) groups excluding carboxylic acids is 1. The van der Waals surface area contributed by atoms with Gasteiger partial charge in [0.2, 0.25) is 0 Å². The third-order valence-electron chi connectivity index (χ3n) is 3.20. The Morgan fingerprint density at radius 2 is 2.16 bits per heavy atom. The van der Waals surface area contributed by atoms with Crippen LogP contribution in [-0.2, 0) is 4.79 Å². The SMILES string of the molecule is CCN1C(=O)/C(=C/c2c[nH]c3ccccc23)NC1=S. The Hall–Kier alpha value is -2.14. The normalized spacial score (nSPS) is 17.5. The van der Waals surface area contributed by atoms with Gasteiger partial charge in [-0.25, -0.2) is 0 Å². The molecule has 1 amide bonds. The van der Waals surface area contributed by atoms with E-state index in [-0.39, 0.29) is 5.91 Å². The van der Waals surface area contributed by atoms with Gasteiger partial charge in [-0.2, -0.15) is 0 Å². The van der Waals surface area contributed by atoms with Gasteiger partial charge in [-0.05, 0) is 31.3 Å². The molecule has 0 radical (unpaired) electrons. The summed E-state index contributed by atoms with van der Waals surface area (Å²) < 4.78 is 0. The average molecular weight is 271 g/mol. The molecule has 0 spiro atoms. The maximum atomic E-state index is 12.1. The molecule has 2 heterocycles. The molecule has 96 valence electrons. The molecule has 1 aliphatic heterocycles. The summed E-state index contributed by atoms with van der Waals surface area (Å²) in [5.74, 6) is -0.0715. The number of amides is 1. The minimum Gasteiger partial charge on any atom is -0.361 e. The van der Waals surface area contributed by atoms with Crippen LogP contribution in [0.15, 0.2) is 36.2 Å². The molecule has 19 heavy (non-hydrogen) atoms. The van der Waals surface area contributed by atoms with Crippen LogP contribution in [0.4, 0.5) is 0 Å². The van der Waals surface area contributed by atoms with Crippen molar-refractivity contribution >= 4 is 40.2 Å². The first-order valence-electron chi connectivity index (χ1n) is 6.11. The lowest BCUT2D eigenvalue weighted by atomic mass is 10.1. The number of para-hydroxylation sites is 1. The maximum Gasteiger partial charge on any atom is 0.276 e. The van der Waals surface area contributed by atoms with E-state index < -0.39 is 0 Å². The van der Waals surface area contributed by atoms with Crippen LogP contribution in [0.25, 0.3) is 17.0 Å². The van der Waals surface area contributed by atoms with Gasteiger partial charge in [0.1, 0.15) is 5.70 Å². The number of carbonyl (C=O) groups is 1. The Labute approximate surface area is 116 Å². The number of hydrogen-bond donors (Lipinski definition) is 2. The first-order chi connectivity index (χ1) is 9.20. The number of likely N-dealkylation sites (N-methyl/N-ethyl adjacent to an activating group) is 1. The summed E-state index contributed by atoms with van der Waals surface area (Å²) in [5, 5.41) is 4.52. The zero-order valence-electron chi connectivity index (χ0n) is 10.4. The number of benzene rings is 1. The molecule has 5 heteroatoms. The highest BCUT2D eigenvalue weighted by molar-refractivity contribution is 7.80. The van der Waals surface area contributed by atoms with Crippen molar-refractivity contribution < 1.29 is 4.79 Å². The summed E-state index contributed by atoms with van der Waals surface area (Å²) in [6, 6.07) is 7.98. The van der Waals surface area contributed by atoms with Crippen LogP contribution >= 0.6 is 12.2 Å². The van der Waals surface area contributed by atoms with E-state index in [0.29, 0.717) is 17.4 Å². The predicted octanol–water partition coefficient (Wildman–Crippen LogP) is 2.25. The first-order valence-corrected chi connectivity index (χ1v) is 6.52. The number of H-pyrrole nitrogens is 1. The Morgan fingerprint density at radius 3 is 2.89 bits per heavy atom. The van der Waals surface area contributed by atoms with Crippen molar-refractivity contribution in [1.82, 2.24) is 15.2 Å². The standard InChI is InChI=1S/C14H13N3OS/c1-2-17-13(18)12(16-14(17)19)7-9-8-15-11-6-4-3-5-10(9)11/h3-8,15H,2H2,1H3,(H,16,19)/b12-7-. The van der Waals surface area contributed by atoms with Crippen LogP contribution in [0.1, 0.15) is 12.5 Å². The number of thiocarbonyl (C=S) groups is 1. The summed E-state index contributed by atoms with van der Waals surface area (Å²) in [7, 11) is 0. The second-order valence-corrected chi connectivity index (χ2v) is 4.71. The molecule has 1 fully saturated rings. The van der Waals surface area contributed by atoms with Gasteiger partial charge in [-0.1, -0.05) is 18.2 Å². The van der Waals surface area contributed by atoms with Gasteiger partial charge in [-0.3, -0.25) is 9.69 Å². The van der Waals surface area contributed by atoms with Crippen molar-refractivity contribution in [3.8, 4) is 0 Å². The lowest BCUT2D eigenvalue weighted by molar-refractivity contribution is -0.122. The molecule has 3 rings (SSSR count). The van der Waals surface area contributed by atoms with Gasteiger partial charge in [-0.15, -0.1) is 0 Å². The predicted molar refractivity (Wildman–Crippen MR) is 79.4 cm³/mol. The quantitative estimate of drug-likeness (QED) is 0.650. The second kappa shape index (κ2) is 4.51. The van der Waals surface area contributed by atoms with Crippen molar-refractivity contribution in [2.75, 3.05) is 6.54 Å². The van der Waals surface area contributed by atoms with E-state index in [9.17, 15) is 4.79 Å². The molecule has 0 unspecified atom stereocenters. The van der Waals surface area contributed by atoms with Gasteiger partial charge in [0, 0.05) is 29.2 Å². The van der Waals surface area contributed by atoms with Crippen LogP contribution in [0.5, 0.6) is 0 Å². The van der Waals surface area contributed by atoms with E-state index in [1.165, 1.54) is 0 Å². The van der Waals surface area contributed by atoms with Gasteiger partial charge in [0.25, 0.3) is 5.91 Å². The number of nitrogens with zero attached hydrogens (tertiary/aromatic N) is 1. The van der Waals surface area contributed by atoms with Gasteiger partial charge in [0.15, 0.2) is 5.11 Å². The van der Waals surface area contributed by atoms with E-state index in [0.717, 1.165) is 16.5 Å². The van der Waals surface area contributed by atoms with Gasteiger partial charge in [0.05, 0.1) is 0 Å². The molecule has 0 aliphatic carbocycles. The third-order valence-corrected chi connectivity index (χ3v) is 3.52. The number of aromatic amines is 1. The lowest BCUT2D eigenvalue weighted by Gasteiger charge is -2.08. The number of rotatable bonds is 2. The molecular formula is C14H13N3OS. The van der Waals surface area contributed by atoms with E-state index in [1.54, 1.807) is 4.90 Å². The van der Waals surface area contributed by atoms with Crippen LogP contribution in [-0.4, -0.2) is 27.4 Å². The Kier molecular flexibility index (Phi) is 2.83. The second-order valence-electron chi connectivity index (χ2n) is 4.33. The minimum absolute atomic E-state index is 0.0715. The topological polar surface area (TPSA) is 48.1 Å². The lowest BCUT2D eigenvalue weighted by Crippen LogP contribution is -2.30. The molecule has 4 nitrogen and oxygen atoms in total. The van der Waals surface area contributed by atoms with Crippen molar-refractivity contribution in [3.63, 3.8) is 0 Å². The Balaban J connectivity index is 2.03. The molecule has 2 N–H and O–H groups in total. The minimum atomic E-state index is -0.0715. The number of hydrogen-bond acceptors (Lipinski definition) is 2. The fourth-order valence-electron chi connectivity index (χ4n) is 2.23. The highest BCUT2D eigenvalue weighted by Crippen LogP contribution is 2.21. The van der Waals surface area contributed by atoms with Crippen molar-refractivity contribution in [2.45, 2.75) is 6.92 Å². The van der Waals surface area contributed by atoms with Crippen LogP contribution in [0.3, 0.4) is 0 Å². The fourth-order valence-corrected chi connectivity index (χ4v) is 2.55. The summed E-state index contributed by atoms with van der Waals surface area (Å²) in [6.45, 7) is 2.48.